The molecule has 0 radical (unpaired) electrons. The van der Waals surface area contributed by atoms with E-state index in [1.54, 1.807) is 24.3 Å². The number of thioether (sulfide) groups is 1. The van der Waals surface area contributed by atoms with Crippen LogP contribution in [0.3, 0.4) is 0 Å². The standard InChI is InChI=1S/C17H13BrFN3OS2/c1-2-9-22-16(11-3-5-12(19)6-4-11)20-21-17(22)24-10-13(23)14-7-8-15(18)25-14/h2-8H,1,9-10H2. The second-order valence-electron chi connectivity index (χ2n) is 5.03. The summed E-state index contributed by atoms with van der Waals surface area (Å²) in [7, 11) is 0. The van der Waals surface area contributed by atoms with Crippen LogP contribution in [0.1, 0.15) is 9.67 Å². The molecule has 0 N–H and O–H groups in total. The minimum absolute atomic E-state index is 0.0391. The van der Waals surface area contributed by atoms with Gasteiger partial charge in [-0.25, -0.2) is 4.39 Å². The fourth-order valence-electron chi connectivity index (χ4n) is 2.17. The molecule has 0 amide bonds. The van der Waals surface area contributed by atoms with Crippen molar-refractivity contribution in [2.75, 3.05) is 5.75 Å². The highest BCUT2D eigenvalue weighted by atomic mass is 79.9. The summed E-state index contributed by atoms with van der Waals surface area (Å²) in [6.45, 7) is 4.26. The Labute approximate surface area is 160 Å². The first kappa shape index (κ1) is 18.0. The molecular weight excluding hydrogens is 425 g/mol. The maximum Gasteiger partial charge on any atom is 0.192 e. The van der Waals surface area contributed by atoms with Crippen LogP contribution in [0.15, 0.2) is 58.0 Å². The summed E-state index contributed by atoms with van der Waals surface area (Å²) >= 11 is 6.09. The second kappa shape index (κ2) is 8.07. The Morgan fingerprint density at radius 2 is 2.04 bits per heavy atom. The van der Waals surface area contributed by atoms with Crippen molar-refractivity contribution >= 4 is 44.8 Å². The molecule has 0 fully saturated rings. The van der Waals surface area contributed by atoms with E-state index >= 15 is 0 Å². The van der Waals surface area contributed by atoms with Gasteiger partial charge in [0.2, 0.25) is 0 Å². The number of aromatic nitrogens is 3. The van der Waals surface area contributed by atoms with Crippen molar-refractivity contribution in [1.82, 2.24) is 14.8 Å². The largest absolute Gasteiger partial charge is 0.298 e. The number of hydrogen-bond donors (Lipinski definition) is 0. The molecule has 0 saturated heterocycles. The van der Waals surface area contributed by atoms with E-state index in [4.69, 9.17) is 0 Å². The van der Waals surface area contributed by atoms with Gasteiger partial charge in [-0.05, 0) is 52.3 Å². The van der Waals surface area contributed by atoms with Gasteiger partial charge in [0.15, 0.2) is 16.8 Å². The minimum atomic E-state index is -0.305. The number of rotatable bonds is 7. The number of Topliss-reactive ketones (excluding diaryl/α,β-unsaturated/α-hetero) is 1. The summed E-state index contributed by atoms with van der Waals surface area (Å²) in [6.07, 6.45) is 1.73. The zero-order chi connectivity index (χ0) is 17.8. The predicted molar refractivity (Wildman–Crippen MR) is 103 cm³/mol. The third-order valence-electron chi connectivity index (χ3n) is 3.31. The van der Waals surface area contributed by atoms with Gasteiger partial charge in [0, 0.05) is 12.1 Å². The van der Waals surface area contributed by atoms with Crippen molar-refractivity contribution in [1.29, 1.82) is 0 Å². The van der Waals surface area contributed by atoms with Crippen molar-refractivity contribution < 1.29 is 9.18 Å². The molecule has 0 aliphatic carbocycles. The maximum absolute atomic E-state index is 13.1. The molecule has 0 atom stereocenters. The molecule has 4 nitrogen and oxygen atoms in total. The molecule has 0 unspecified atom stereocenters. The quantitative estimate of drug-likeness (QED) is 0.294. The molecule has 0 aliphatic heterocycles. The van der Waals surface area contributed by atoms with Crippen LogP contribution in [0.2, 0.25) is 0 Å². The Bertz CT molecular complexity index is 905. The third kappa shape index (κ3) is 4.26. The van der Waals surface area contributed by atoms with Gasteiger partial charge in [0.25, 0.3) is 0 Å². The van der Waals surface area contributed by atoms with E-state index in [2.05, 4.69) is 32.7 Å². The van der Waals surface area contributed by atoms with Crippen LogP contribution in [0.5, 0.6) is 0 Å². The summed E-state index contributed by atoms with van der Waals surface area (Å²) in [5, 5.41) is 9.00. The SMILES string of the molecule is C=CCn1c(SCC(=O)c2ccc(Br)s2)nnc1-c1ccc(F)cc1. The average Bonchev–Trinajstić information content (AvgIpc) is 3.21. The highest BCUT2D eigenvalue weighted by Crippen LogP contribution is 2.27. The van der Waals surface area contributed by atoms with Crippen LogP contribution in [-0.2, 0) is 6.54 Å². The molecule has 1 aromatic carbocycles. The lowest BCUT2D eigenvalue weighted by Crippen LogP contribution is -2.04. The Morgan fingerprint density at radius 1 is 1.28 bits per heavy atom. The molecule has 0 bridgehead atoms. The second-order valence-corrected chi connectivity index (χ2v) is 8.43. The zero-order valence-electron chi connectivity index (χ0n) is 13.0. The van der Waals surface area contributed by atoms with E-state index in [1.165, 1.54) is 35.2 Å². The van der Waals surface area contributed by atoms with E-state index in [0.29, 0.717) is 22.4 Å². The van der Waals surface area contributed by atoms with E-state index in [9.17, 15) is 9.18 Å². The number of ketones is 1. The van der Waals surface area contributed by atoms with Gasteiger partial charge in [0.1, 0.15) is 5.82 Å². The molecule has 0 aliphatic rings. The van der Waals surface area contributed by atoms with E-state index < -0.39 is 0 Å². The van der Waals surface area contributed by atoms with E-state index in [-0.39, 0.29) is 17.4 Å². The molecule has 0 saturated carbocycles. The summed E-state index contributed by atoms with van der Waals surface area (Å²) in [5.74, 6) is 0.623. The van der Waals surface area contributed by atoms with E-state index in [0.717, 1.165) is 9.35 Å². The zero-order valence-corrected chi connectivity index (χ0v) is 16.2. The first-order valence-corrected chi connectivity index (χ1v) is 9.89. The first-order valence-electron chi connectivity index (χ1n) is 7.30. The van der Waals surface area contributed by atoms with Crippen LogP contribution >= 0.6 is 39.0 Å². The summed E-state index contributed by atoms with van der Waals surface area (Å²) in [6, 6.07) is 9.73. The molecule has 0 spiro atoms. The highest BCUT2D eigenvalue weighted by Gasteiger charge is 2.16. The molecule has 2 aromatic heterocycles. The molecule has 128 valence electrons. The Morgan fingerprint density at radius 3 is 2.68 bits per heavy atom. The average molecular weight is 438 g/mol. The number of carbonyl (C=O) groups excluding carboxylic acids is 1. The van der Waals surface area contributed by atoms with Crippen LogP contribution in [0, 0.1) is 5.82 Å². The van der Waals surface area contributed by atoms with Gasteiger partial charge in [0.05, 0.1) is 14.4 Å². The first-order chi connectivity index (χ1) is 12.1. The van der Waals surface area contributed by atoms with Crippen LogP contribution in [-0.4, -0.2) is 26.3 Å². The Balaban J connectivity index is 1.80. The molecule has 25 heavy (non-hydrogen) atoms. The van der Waals surface area contributed by atoms with Crippen LogP contribution in [0.4, 0.5) is 4.39 Å². The van der Waals surface area contributed by atoms with Gasteiger partial charge < -0.3 is 0 Å². The van der Waals surface area contributed by atoms with Gasteiger partial charge in [-0.2, -0.15) is 0 Å². The lowest BCUT2D eigenvalue weighted by atomic mass is 10.2. The fourth-order valence-corrected chi connectivity index (χ4v) is 4.41. The Kier molecular flexibility index (Phi) is 5.82. The van der Waals surface area contributed by atoms with E-state index in [1.807, 2.05) is 10.6 Å². The van der Waals surface area contributed by atoms with Gasteiger partial charge in [-0.3, -0.25) is 9.36 Å². The van der Waals surface area contributed by atoms with Crippen molar-refractivity contribution in [2.24, 2.45) is 0 Å². The monoisotopic (exact) mass is 437 g/mol. The van der Waals surface area contributed by atoms with Gasteiger partial charge in [-0.1, -0.05) is 17.8 Å². The predicted octanol–water partition coefficient (Wildman–Crippen LogP) is 5.07. The van der Waals surface area contributed by atoms with Gasteiger partial charge in [-0.15, -0.1) is 28.1 Å². The van der Waals surface area contributed by atoms with Crippen molar-refractivity contribution in [3.63, 3.8) is 0 Å². The Hall–Kier alpha value is -1.77. The highest BCUT2D eigenvalue weighted by molar-refractivity contribution is 9.11. The number of nitrogens with zero attached hydrogens (tertiary/aromatic N) is 3. The number of carbonyl (C=O) groups is 1. The van der Waals surface area contributed by atoms with Crippen LogP contribution in [0.25, 0.3) is 11.4 Å². The number of benzene rings is 1. The number of thiophene rings is 1. The van der Waals surface area contributed by atoms with Crippen LogP contribution < -0.4 is 0 Å². The topological polar surface area (TPSA) is 47.8 Å². The third-order valence-corrected chi connectivity index (χ3v) is 5.94. The van der Waals surface area contributed by atoms with Gasteiger partial charge >= 0.3 is 0 Å². The summed E-state index contributed by atoms with van der Waals surface area (Å²) < 4.78 is 15.9. The van der Waals surface area contributed by atoms with Crippen molar-refractivity contribution in [2.45, 2.75) is 11.7 Å². The number of halogens is 2. The minimum Gasteiger partial charge on any atom is -0.298 e. The van der Waals surface area contributed by atoms with Crippen molar-refractivity contribution in [3.05, 3.63) is 63.5 Å². The molecule has 8 heteroatoms. The lowest BCUT2D eigenvalue weighted by molar-refractivity contribution is 0.102. The molecule has 2 heterocycles. The smallest absolute Gasteiger partial charge is 0.192 e. The summed E-state index contributed by atoms with van der Waals surface area (Å²) in [5.41, 5.74) is 0.760. The van der Waals surface area contributed by atoms with Crippen molar-refractivity contribution in [3.8, 4) is 11.4 Å². The number of hydrogen-bond acceptors (Lipinski definition) is 5. The fraction of sp³-hybridized carbons (Fsp3) is 0.118. The molecule has 3 aromatic rings. The maximum atomic E-state index is 13.1. The number of allylic oxidation sites excluding steroid dienone is 1. The molecule has 3 rings (SSSR count). The normalized spacial score (nSPS) is 10.8. The lowest BCUT2D eigenvalue weighted by Gasteiger charge is -2.07. The molecular formula is C17H13BrFN3OS2. The summed E-state index contributed by atoms with van der Waals surface area (Å²) in [4.78, 5) is 13.0.